The lowest BCUT2D eigenvalue weighted by molar-refractivity contribution is -0.135. The van der Waals surface area contributed by atoms with Gasteiger partial charge < -0.3 is 4.74 Å². The molecule has 3 aromatic rings. The van der Waals surface area contributed by atoms with Crippen LogP contribution < -0.4 is 9.64 Å². The van der Waals surface area contributed by atoms with Gasteiger partial charge >= 0.3 is 6.61 Å². The summed E-state index contributed by atoms with van der Waals surface area (Å²) in [6.07, 6.45) is 0.336. The topological polar surface area (TPSA) is 107 Å². The van der Waals surface area contributed by atoms with Gasteiger partial charge in [-0.05, 0) is 53.6 Å². The number of halogens is 3. The molecule has 1 fully saturated rings. The lowest BCUT2D eigenvalue weighted by Crippen LogP contribution is -2.44. The number of anilines is 1. The number of nitrogens with zero attached hydrogens (tertiary/aromatic N) is 6. The van der Waals surface area contributed by atoms with Gasteiger partial charge in [0, 0.05) is 6.42 Å². The Morgan fingerprint density at radius 3 is 2.44 bits per heavy atom. The van der Waals surface area contributed by atoms with Crippen molar-refractivity contribution in [3.63, 3.8) is 0 Å². The minimum Gasteiger partial charge on any atom is -0.435 e. The predicted octanol–water partition coefficient (Wildman–Crippen LogP) is 4.10. The Bertz CT molecular complexity index is 1570. The van der Waals surface area contributed by atoms with E-state index < -0.39 is 54.8 Å². The zero-order valence-electron chi connectivity index (χ0n) is 21.2. The van der Waals surface area contributed by atoms with Crippen LogP contribution in [0.25, 0.3) is 0 Å². The summed E-state index contributed by atoms with van der Waals surface area (Å²) in [7, 11) is 0. The maximum absolute atomic E-state index is 13.8. The van der Waals surface area contributed by atoms with Crippen molar-refractivity contribution in [2.24, 2.45) is 15.4 Å². The molecule has 0 spiro atoms. The molecule has 6 rings (SSSR count). The average Bonchev–Trinajstić information content (AvgIpc) is 3.65. The minimum atomic E-state index is -2.95. The average molecular weight is 563 g/mol. The molecule has 0 aromatic heterocycles. The fraction of sp³-hybridized carbons (Fsp3) is 0.214. The van der Waals surface area contributed by atoms with Gasteiger partial charge in [0.15, 0.2) is 12.1 Å². The van der Waals surface area contributed by atoms with Gasteiger partial charge in [0.05, 0.1) is 17.4 Å². The fourth-order valence-corrected chi connectivity index (χ4v) is 5.11. The molecule has 0 unspecified atom stereocenters. The zero-order valence-corrected chi connectivity index (χ0v) is 21.2. The van der Waals surface area contributed by atoms with Crippen molar-refractivity contribution in [2.45, 2.75) is 31.2 Å². The second-order valence-corrected chi connectivity index (χ2v) is 9.50. The molecule has 3 aliphatic heterocycles. The first-order chi connectivity index (χ1) is 19.8. The van der Waals surface area contributed by atoms with Crippen molar-refractivity contribution in [1.29, 1.82) is 0 Å². The summed E-state index contributed by atoms with van der Waals surface area (Å²) in [5, 5.41) is 14.9. The molecule has 1 saturated heterocycles. The second-order valence-electron chi connectivity index (χ2n) is 9.50. The minimum absolute atomic E-state index is 0.00750. The number of alkyl halides is 2. The molecular weight excluding hydrogens is 541 g/mol. The number of imide groups is 1. The third-order valence-electron chi connectivity index (χ3n) is 6.98. The van der Waals surface area contributed by atoms with Gasteiger partial charge in [0.25, 0.3) is 17.7 Å². The first kappa shape index (κ1) is 26.2. The third kappa shape index (κ3) is 4.90. The Labute approximate surface area is 231 Å². The summed E-state index contributed by atoms with van der Waals surface area (Å²) >= 11 is 0. The Balaban J connectivity index is 1.24. The van der Waals surface area contributed by atoms with Gasteiger partial charge in [-0.1, -0.05) is 41.6 Å². The molecule has 0 N–H and O–H groups in total. The van der Waals surface area contributed by atoms with E-state index in [-0.39, 0.29) is 11.4 Å². The van der Waals surface area contributed by atoms with Crippen molar-refractivity contribution in [2.75, 3.05) is 11.4 Å². The molecular formula is C28H21F3N6O4. The van der Waals surface area contributed by atoms with E-state index in [1.54, 1.807) is 12.1 Å². The SMILES string of the molecule is O=C1[C@H]2N=NN(CC(=O)N3N=C(c4ccc(OC(F)F)cc4)C[C@@H]3c3ccccc3)[C@H]2C(=O)N1c1cccc(F)c1. The number of hydrogen-bond donors (Lipinski definition) is 0. The molecule has 41 heavy (non-hydrogen) atoms. The van der Waals surface area contributed by atoms with Crippen LogP contribution in [-0.2, 0) is 14.4 Å². The number of benzene rings is 3. The number of hydrazone groups is 1. The van der Waals surface area contributed by atoms with E-state index in [9.17, 15) is 27.6 Å². The van der Waals surface area contributed by atoms with E-state index in [0.29, 0.717) is 17.7 Å². The van der Waals surface area contributed by atoms with Gasteiger partial charge in [0.1, 0.15) is 18.1 Å². The summed E-state index contributed by atoms with van der Waals surface area (Å²) in [6, 6.07) is 17.4. The molecule has 208 valence electrons. The van der Waals surface area contributed by atoms with Gasteiger partial charge in [-0.25, -0.2) is 14.3 Å². The van der Waals surface area contributed by atoms with Crippen LogP contribution in [0.5, 0.6) is 5.75 Å². The van der Waals surface area contributed by atoms with Crippen molar-refractivity contribution in [1.82, 2.24) is 10.0 Å². The first-order valence-electron chi connectivity index (χ1n) is 12.6. The molecule has 10 nitrogen and oxygen atoms in total. The third-order valence-corrected chi connectivity index (χ3v) is 6.98. The van der Waals surface area contributed by atoms with Gasteiger partial charge in [-0.3, -0.25) is 19.4 Å². The molecule has 3 aliphatic rings. The van der Waals surface area contributed by atoms with Crippen molar-refractivity contribution >= 4 is 29.1 Å². The van der Waals surface area contributed by atoms with Crippen molar-refractivity contribution in [3.05, 3.63) is 95.8 Å². The van der Waals surface area contributed by atoms with Crippen molar-refractivity contribution in [3.8, 4) is 5.75 Å². The Morgan fingerprint density at radius 1 is 0.976 bits per heavy atom. The van der Waals surface area contributed by atoms with E-state index in [1.165, 1.54) is 35.3 Å². The van der Waals surface area contributed by atoms with Crippen LogP contribution in [0, 0.1) is 5.82 Å². The highest BCUT2D eigenvalue weighted by Crippen LogP contribution is 2.35. The van der Waals surface area contributed by atoms with Crippen LogP contribution in [0.3, 0.4) is 0 Å². The lowest BCUT2D eigenvalue weighted by Gasteiger charge is -2.25. The van der Waals surface area contributed by atoms with Crippen LogP contribution in [0.15, 0.2) is 94.3 Å². The van der Waals surface area contributed by atoms with E-state index in [2.05, 4.69) is 20.2 Å². The summed E-state index contributed by atoms with van der Waals surface area (Å²) in [4.78, 5) is 40.7. The Hall–Kier alpha value is -5.07. The number of fused-ring (bicyclic) bond motifs is 1. The standard InChI is InChI=1S/C28H21F3N6O4/c29-18-7-4-8-19(13-18)36-26(39)24-25(27(36)40)35(34-32-24)15-23(38)37-22(17-5-2-1-3-6-17)14-21(33-37)16-9-11-20(12-10-16)41-28(30)31/h1-13,22,24-25,28H,14-15H2/t22-,24+,25-/m1/s1. The number of amides is 3. The molecule has 13 heteroatoms. The Kier molecular flexibility index (Phi) is 6.69. The normalized spacial score (nSPS) is 21.6. The number of carbonyl (C=O) groups is 3. The summed E-state index contributed by atoms with van der Waals surface area (Å²) in [6.45, 7) is -3.35. The predicted molar refractivity (Wildman–Crippen MR) is 138 cm³/mol. The van der Waals surface area contributed by atoms with Gasteiger partial charge in [-0.2, -0.15) is 19.0 Å². The van der Waals surface area contributed by atoms with Crippen LogP contribution in [0.1, 0.15) is 23.6 Å². The maximum Gasteiger partial charge on any atom is 0.387 e. The second kappa shape index (κ2) is 10.5. The maximum atomic E-state index is 13.8. The summed E-state index contributed by atoms with van der Waals surface area (Å²) in [5.41, 5.74) is 2.04. The molecule has 0 saturated carbocycles. The van der Waals surface area contributed by atoms with Crippen LogP contribution >= 0.6 is 0 Å². The van der Waals surface area contributed by atoms with Crippen LogP contribution in [-0.4, -0.2) is 58.7 Å². The molecule has 3 atom stereocenters. The Morgan fingerprint density at radius 2 is 1.73 bits per heavy atom. The van der Waals surface area contributed by atoms with E-state index >= 15 is 0 Å². The zero-order chi connectivity index (χ0) is 28.7. The molecule has 0 radical (unpaired) electrons. The van der Waals surface area contributed by atoms with Crippen molar-refractivity contribution < 1.29 is 32.3 Å². The van der Waals surface area contributed by atoms with E-state index in [4.69, 9.17) is 0 Å². The molecule has 3 heterocycles. The lowest BCUT2D eigenvalue weighted by atomic mass is 9.98. The molecule has 3 amide bonds. The molecule has 3 aromatic carbocycles. The molecule has 0 aliphatic carbocycles. The summed E-state index contributed by atoms with van der Waals surface area (Å²) < 4.78 is 43.3. The number of carbonyl (C=O) groups excluding carboxylic acids is 3. The van der Waals surface area contributed by atoms with Gasteiger partial charge in [0.2, 0.25) is 0 Å². The van der Waals surface area contributed by atoms with E-state index in [0.717, 1.165) is 21.5 Å². The van der Waals surface area contributed by atoms with Crippen LogP contribution in [0.4, 0.5) is 18.9 Å². The summed E-state index contributed by atoms with van der Waals surface area (Å²) in [5.74, 6) is -2.45. The highest BCUT2D eigenvalue weighted by Gasteiger charge is 2.55. The molecule has 0 bridgehead atoms. The number of hydrogen-bond acceptors (Lipinski definition) is 8. The number of rotatable bonds is 7. The van der Waals surface area contributed by atoms with Gasteiger partial charge in [-0.15, -0.1) is 0 Å². The largest absolute Gasteiger partial charge is 0.435 e. The highest BCUT2D eigenvalue weighted by atomic mass is 19.3. The monoisotopic (exact) mass is 562 g/mol. The van der Waals surface area contributed by atoms with E-state index in [1.807, 2.05) is 30.3 Å². The fourth-order valence-electron chi connectivity index (χ4n) is 5.11. The first-order valence-corrected chi connectivity index (χ1v) is 12.6. The van der Waals surface area contributed by atoms with Crippen LogP contribution in [0.2, 0.25) is 0 Å². The smallest absolute Gasteiger partial charge is 0.387 e. The number of ether oxygens (including phenoxy) is 1. The highest BCUT2D eigenvalue weighted by molar-refractivity contribution is 6.25. The quantitative estimate of drug-likeness (QED) is 0.403.